The molecule has 2 unspecified atom stereocenters. The lowest BCUT2D eigenvalue weighted by Crippen LogP contribution is -2.41. The maximum Gasteiger partial charge on any atom is 0.144 e. The van der Waals surface area contributed by atoms with Gasteiger partial charge in [-0.1, -0.05) is 30.3 Å². The van der Waals surface area contributed by atoms with Crippen LogP contribution in [0.4, 0.5) is 0 Å². The molecule has 1 aliphatic carbocycles. The normalized spacial score (nSPS) is 26.7. The molecule has 0 amide bonds. The Bertz CT molecular complexity index is 503. The van der Waals surface area contributed by atoms with Gasteiger partial charge in [-0.2, -0.15) is 5.26 Å². The van der Waals surface area contributed by atoms with Crippen LogP contribution in [0.5, 0.6) is 0 Å². The molecule has 0 aromatic heterocycles. The maximum atomic E-state index is 12.5. The fourth-order valence-corrected chi connectivity index (χ4v) is 2.96. The molecule has 0 saturated heterocycles. The van der Waals surface area contributed by atoms with Gasteiger partial charge < -0.3 is 4.79 Å². The number of nitrogens with zero attached hydrogens (tertiary/aromatic N) is 1. The number of hydrogen-bond donors (Lipinski definition) is 0. The third-order valence-electron chi connectivity index (χ3n) is 4.11. The summed E-state index contributed by atoms with van der Waals surface area (Å²) in [6.07, 6.45) is 3.52. The molecule has 0 N–H and O–H groups in total. The average Bonchev–Trinajstić information content (AvgIpc) is 2.47. The molecule has 1 aromatic rings. The number of Topliss-reactive ketones (excluding diaryl/α,β-unsaturated/α-hetero) is 1. The molecule has 1 fully saturated rings. The van der Waals surface area contributed by atoms with Crippen LogP contribution in [-0.4, -0.2) is 12.1 Å². The molecule has 0 aliphatic heterocycles. The molecule has 1 aromatic carbocycles. The predicted molar refractivity (Wildman–Crippen MR) is 71.4 cm³/mol. The fraction of sp³-hybridized carbons (Fsp3) is 0.438. The van der Waals surface area contributed by atoms with Crippen LogP contribution in [0, 0.1) is 17.2 Å². The Kier molecular flexibility index (Phi) is 4.11. The first kappa shape index (κ1) is 13.5. The Hall–Kier alpha value is -1.95. The van der Waals surface area contributed by atoms with Crippen LogP contribution in [-0.2, 0) is 15.0 Å². The number of carbonyl (C=O) groups excluding carboxylic acids is 2. The van der Waals surface area contributed by atoms with Crippen LogP contribution in [0.25, 0.3) is 0 Å². The second-order valence-corrected chi connectivity index (χ2v) is 5.17. The topological polar surface area (TPSA) is 57.9 Å². The summed E-state index contributed by atoms with van der Waals surface area (Å²) >= 11 is 0. The van der Waals surface area contributed by atoms with E-state index < -0.39 is 5.41 Å². The molecular formula is C16H17NO2. The first-order valence-corrected chi connectivity index (χ1v) is 6.64. The van der Waals surface area contributed by atoms with Crippen molar-refractivity contribution in [1.82, 2.24) is 0 Å². The zero-order valence-corrected chi connectivity index (χ0v) is 10.8. The van der Waals surface area contributed by atoms with Gasteiger partial charge in [0.2, 0.25) is 0 Å². The molecule has 2 atom stereocenters. The summed E-state index contributed by atoms with van der Waals surface area (Å²) in [4.78, 5) is 23.4. The lowest BCUT2D eigenvalue weighted by atomic mass is 9.64. The SMILES string of the molecule is N#CCCC1(c2ccccc2)CCC(C=O)CC1=O. The Morgan fingerprint density at radius 3 is 2.68 bits per heavy atom. The Morgan fingerprint density at radius 1 is 1.37 bits per heavy atom. The molecule has 2 rings (SSSR count). The van der Waals surface area contributed by atoms with Gasteiger partial charge in [0, 0.05) is 18.8 Å². The van der Waals surface area contributed by atoms with Crippen molar-refractivity contribution in [1.29, 1.82) is 5.26 Å². The second-order valence-electron chi connectivity index (χ2n) is 5.17. The summed E-state index contributed by atoms with van der Waals surface area (Å²) in [6.45, 7) is 0. The molecule has 3 nitrogen and oxygen atoms in total. The van der Waals surface area contributed by atoms with E-state index in [9.17, 15) is 9.59 Å². The Morgan fingerprint density at radius 2 is 2.11 bits per heavy atom. The Balaban J connectivity index is 2.34. The molecule has 0 spiro atoms. The smallest absolute Gasteiger partial charge is 0.144 e. The van der Waals surface area contributed by atoms with Crippen molar-refractivity contribution >= 4 is 12.1 Å². The average molecular weight is 255 g/mol. The van der Waals surface area contributed by atoms with E-state index in [1.807, 2.05) is 30.3 Å². The van der Waals surface area contributed by atoms with Gasteiger partial charge >= 0.3 is 0 Å². The van der Waals surface area contributed by atoms with Crippen molar-refractivity contribution in [3.05, 3.63) is 35.9 Å². The monoisotopic (exact) mass is 255 g/mol. The fourth-order valence-electron chi connectivity index (χ4n) is 2.96. The van der Waals surface area contributed by atoms with Gasteiger partial charge in [-0.25, -0.2) is 0 Å². The molecule has 0 heterocycles. The molecule has 1 aliphatic rings. The minimum Gasteiger partial charge on any atom is -0.303 e. The van der Waals surface area contributed by atoms with E-state index in [2.05, 4.69) is 6.07 Å². The number of carbonyl (C=O) groups is 2. The molecule has 0 radical (unpaired) electrons. The van der Waals surface area contributed by atoms with Gasteiger partial charge in [0.05, 0.1) is 11.5 Å². The summed E-state index contributed by atoms with van der Waals surface area (Å²) in [5.74, 6) is -0.0382. The highest BCUT2D eigenvalue weighted by molar-refractivity contribution is 5.92. The molecular weight excluding hydrogens is 238 g/mol. The number of rotatable bonds is 4. The van der Waals surface area contributed by atoms with E-state index in [1.165, 1.54) is 0 Å². The van der Waals surface area contributed by atoms with Crippen molar-refractivity contribution in [2.45, 2.75) is 37.5 Å². The van der Waals surface area contributed by atoms with Gasteiger partial charge in [0.1, 0.15) is 12.1 Å². The van der Waals surface area contributed by atoms with Crippen LogP contribution >= 0.6 is 0 Å². The molecule has 0 bridgehead atoms. The van der Waals surface area contributed by atoms with E-state index >= 15 is 0 Å². The number of aldehydes is 1. The number of benzene rings is 1. The highest BCUT2D eigenvalue weighted by Crippen LogP contribution is 2.41. The highest BCUT2D eigenvalue weighted by atomic mass is 16.1. The van der Waals surface area contributed by atoms with Crippen LogP contribution in [0.15, 0.2) is 30.3 Å². The Labute approximate surface area is 113 Å². The third-order valence-corrected chi connectivity index (χ3v) is 4.11. The zero-order valence-electron chi connectivity index (χ0n) is 10.8. The van der Waals surface area contributed by atoms with Crippen LogP contribution in [0.2, 0.25) is 0 Å². The van der Waals surface area contributed by atoms with E-state index in [-0.39, 0.29) is 11.7 Å². The van der Waals surface area contributed by atoms with E-state index in [0.717, 1.165) is 18.3 Å². The van der Waals surface area contributed by atoms with E-state index in [0.29, 0.717) is 25.7 Å². The van der Waals surface area contributed by atoms with E-state index in [4.69, 9.17) is 5.26 Å². The molecule has 1 saturated carbocycles. The van der Waals surface area contributed by atoms with Crippen molar-refractivity contribution in [3.63, 3.8) is 0 Å². The summed E-state index contributed by atoms with van der Waals surface area (Å²) in [5.41, 5.74) is 0.427. The lowest BCUT2D eigenvalue weighted by molar-refractivity contribution is -0.131. The quantitative estimate of drug-likeness (QED) is 0.777. The van der Waals surface area contributed by atoms with Gasteiger partial charge in [-0.15, -0.1) is 0 Å². The van der Waals surface area contributed by atoms with Gasteiger partial charge in [0.25, 0.3) is 0 Å². The highest BCUT2D eigenvalue weighted by Gasteiger charge is 2.43. The lowest BCUT2D eigenvalue weighted by Gasteiger charge is -2.37. The molecule has 98 valence electrons. The van der Waals surface area contributed by atoms with Gasteiger partial charge in [-0.05, 0) is 24.8 Å². The maximum absolute atomic E-state index is 12.5. The minimum atomic E-state index is -0.559. The largest absolute Gasteiger partial charge is 0.303 e. The standard InChI is InChI=1S/C16H17NO2/c17-10-4-8-16(14-5-2-1-3-6-14)9-7-13(12-18)11-15(16)19/h1-3,5-6,12-13H,4,7-9,11H2. The number of ketones is 1. The first-order chi connectivity index (χ1) is 9.23. The first-order valence-electron chi connectivity index (χ1n) is 6.64. The summed E-state index contributed by atoms with van der Waals surface area (Å²) in [7, 11) is 0. The van der Waals surface area contributed by atoms with Crippen LogP contribution in [0.1, 0.15) is 37.7 Å². The number of nitriles is 1. The van der Waals surface area contributed by atoms with Crippen LogP contribution in [0.3, 0.4) is 0 Å². The summed E-state index contributed by atoms with van der Waals surface area (Å²) in [6, 6.07) is 11.8. The molecule has 19 heavy (non-hydrogen) atoms. The van der Waals surface area contributed by atoms with Crippen LogP contribution < -0.4 is 0 Å². The van der Waals surface area contributed by atoms with Gasteiger partial charge in [0.15, 0.2) is 0 Å². The second kappa shape index (κ2) is 5.79. The van der Waals surface area contributed by atoms with Gasteiger partial charge in [-0.3, -0.25) is 4.79 Å². The van der Waals surface area contributed by atoms with Crippen molar-refractivity contribution in [2.75, 3.05) is 0 Å². The summed E-state index contributed by atoms with van der Waals surface area (Å²) < 4.78 is 0. The van der Waals surface area contributed by atoms with Crippen molar-refractivity contribution in [3.8, 4) is 6.07 Å². The predicted octanol–water partition coefficient (Wildman–Crippen LogP) is 2.80. The zero-order chi connectivity index (χ0) is 13.7. The number of hydrogen-bond acceptors (Lipinski definition) is 3. The minimum absolute atomic E-state index is 0.109. The molecule has 3 heteroatoms. The summed E-state index contributed by atoms with van der Waals surface area (Å²) in [5, 5.41) is 8.83. The van der Waals surface area contributed by atoms with Crippen molar-refractivity contribution < 1.29 is 9.59 Å². The third kappa shape index (κ3) is 2.58. The van der Waals surface area contributed by atoms with Crippen molar-refractivity contribution in [2.24, 2.45) is 5.92 Å². The van der Waals surface area contributed by atoms with E-state index in [1.54, 1.807) is 0 Å².